The van der Waals surface area contributed by atoms with Crippen LogP contribution in [0.5, 0.6) is 5.75 Å². The summed E-state index contributed by atoms with van der Waals surface area (Å²) in [6.07, 6.45) is 2.92. The zero-order valence-electron chi connectivity index (χ0n) is 27.2. The molecule has 2 aromatic carbocycles. The number of aliphatic hydroxyl groups excluding tert-OH is 1. The lowest BCUT2D eigenvalue weighted by Gasteiger charge is -2.25. The van der Waals surface area contributed by atoms with Crippen molar-refractivity contribution in [3.8, 4) is 34.3 Å². The van der Waals surface area contributed by atoms with Crippen molar-refractivity contribution in [2.45, 2.75) is 63.9 Å². The van der Waals surface area contributed by atoms with Gasteiger partial charge < -0.3 is 34.0 Å². The van der Waals surface area contributed by atoms with Gasteiger partial charge in [-0.2, -0.15) is 5.26 Å². The van der Waals surface area contributed by atoms with Crippen molar-refractivity contribution in [2.24, 2.45) is 0 Å². The topological polar surface area (TPSA) is 142 Å². The van der Waals surface area contributed by atoms with Crippen LogP contribution in [0.4, 0.5) is 10.5 Å². The Labute approximate surface area is 274 Å². The number of nitriles is 1. The number of anilines is 1. The smallest absolute Gasteiger partial charge is 0.410 e. The number of benzene rings is 2. The van der Waals surface area contributed by atoms with E-state index in [0.717, 1.165) is 42.9 Å². The summed E-state index contributed by atoms with van der Waals surface area (Å²) in [5.74, 6) is 1.09. The third kappa shape index (κ3) is 7.36. The molecule has 4 aromatic rings. The standard InChI is InChI=1S/C36H41N5O6/c1-36(2,3)47-35(43)41-14-10-26(21-41)40-34(42)23-5-7-28(31(18-23)44-4)32-19-30-33(46-32)27(9-13-38-30)22-6-8-29(24(17-22)20-37)39-25-11-15-45-16-12-25/h5-9,13,17-19,25-26,34,39-40,42H,10-12,14-16,21H2,1-4H3. The number of hydrogen-bond donors (Lipinski definition) is 3. The fourth-order valence-corrected chi connectivity index (χ4v) is 6.08. The molecule has 2 aromatic heterocycles. The second kappa shape index (κ2) is 13.6. The summed E-state index contributed by atoms with van der Waals surface area (Å²) in [5, 5.41) is 27.7. The number of methoxy groups -OCH3 is 1. The van der Waals surface area contributed by atoms with Gasteiger partial charge in [0, 0.05) is 56.2 Å². The number of fused-ring (bicyclic) bond motifs is 1. The molecule has 2 fully saturated rings. The van der Waals surface area contributed by atoms with Crippen LogP contribution >= 0.6 is 0 Å². The normalized spacial score (nSPS) is 17.8. The number of aromatic nitrogens is 1. The first-order valence-corrected chi connectivity index (χ1v) is 16.0. The summed E-state index contributed by atoms with van der Waals surface area (Å²) in [6, 6.07) is 17.5. The van der Waals surface area contributed by atoms with Crippen LogP contribution in [-0.4, -0.2) is 72.2 Å². The summed E-state index contributed by atoms with van der Waals surface area (Å²) in [6.45, 7) is 7.96. The summed E-state index contributed by atoms with van der Waals surface area (Å²) >= 11 is 0. The molecule has 246 valence electrons. The van der Waals surface area contributed by atoms with Crippen molar-refractivity contribution in [1.29, 1.82) is 5.26 Å². The molecule has 2 aliphatic heterocycles. The molecule has 2 atom stereocenters. The van der Waals surface area contributed by atoms with Crippen molar-refractivity contribution < 1.29 is 28.5 Å². The van der Waals surface area contributed by atoms with Gasteiger partial charge >= 0.3 is 6.09 Å². The third-order valence-electron chi connectivity index (χ3n) is 8.48. The van der Waals surface area contributed by atoms with Crippen molar-refractivity contribution in [3.63, 3.8) is 0 Å². The van der Waals surface area contributed by atoms with Gasteiger partial charge in [0.2, 0.25) is 0 Å². The number of rotatable bonds is 8. The first kappa shape index (κ1) is 32.3. The molecule has 0 saturated carbocycles. The maximum Gasteiger partial charge on any atom is 0.410 e. The number of aliphatic hydroxyl groups is 1. The second-order valence-electron chi connectivity index (χ2n) is 13.0. The van der Waals surface area contributed by atoms with E-state index < -0.39 is 11.8 Å². The molecule has 11 heteroatoms. The van der Waals surface area contributed by atoms with E-state index in [2.05, 4.69) is 21.7 Å². The lowest BCUT2D eigenvalue weighted by molar-refractivity contribution is 0.0284. The number of furan rings is 1. The number of amides is 1. The van der Waals surface area contributed by atoms with Crippen molar-refractivity contribution in [3.05, 3.63) is 65.9 Å². The predicted molar refractivity (Wildman–Crippen MR) is 178 cm³/mol. The Kier molecular flexibility index (Phi) is 9.36. The van der Waals surface area contributed by atoms with Crippen LogP contribution in [0, 0.1) is 11.3 Å². The number of pyridine rings is 1. The number of carbonyl (C=O) groups is 1. The molecule has 47 heavy (non-hydrogen) atoms. The molecule has 1 amide bonds. The van der Waals surface area contributed by atoms with Crippen LogP contribution in [0.1, 0.15) is 57.4 Å². The van der Waals surface area contributed by atoms with E-state index >= 15 is 0 Å². The first-order chi connectivity index (χ1) is 22.6. The van der Waals surface area contributed by atoms with Gasteiger partial charge in [0.25, 0.3) is 0 Å². The van der Waals surface area contributed by atoms with Gasteiger partial charge in [-0.05, 0) is 81.5 Å². The summed E-state index contributed by atoms with van der Waals surface area (Å²) in [4.78, 5) is 18.7. The number of likely N-dealkylation sites (tertiary alicyclic amines) is 1. The van der Waals surface area contributed by atoms with Gasteiger partial charge in [-0.3, -0.25) is 10.3 Å². The Bertz CT molecular complexity index is 1780. The average Bonchev–Trinajstić information content (AvgIpc) is 3.72. The number of carbonyl (C=O) groups excluding carboxylic acids is 1. The minimum Gasteiger partial charge on any atom is -0.496 e. The highest BCUT2D eigenvalue weighted by Gasteiger charge is 2.31. The molecule has 11 nitrogen and oxygen atoms in total. The van der Waals surface area contributed by atoms with Crippen LogP contribution in [0.2, 0.25) is 0 Å². The molecule has 2 unspecified atom stereocenters. The van der Waals surface area contributed by atoms with Crippen molar-refractivity contribution >= 4 is 22.9 Å². The Morgan fingerprint density at radius 3 is 2.64 bits per heavy atom. The van der Waals surface area contributed by atoms with Gasteiger partial charge in [0.05, 0.1) is 23.9 Å². The monoisotopic (exact) mass is 639 g/mol. The van der Waals surface area contributed by atoms with Crippen molar-refractivity contribution in [1.82, 2.24) is 15.2 Å². The molecule has 0 bridgehead atoms. The molecular formula is C36H41N5O6. The van der Waals surface area contributed by atoms with Crippen LogP contribution in [0.25, 0.3) is 33.6 Å². The van der Waals surface area contributed by atoms with Crippen LogP contribution < -0.4 is 15.4 Å². The maximum atomic E-state index is 12.5. The molecule has 0 radical (unpaired) electrons. The van der Waals surface area contributed by atoms with E-state index in [0.29, 0.717) is 58.8 Å². The number of nitrogens with zero attached hydrogens (tertiary/aromatic N) is 3. The highest BCUT2D eigenvalue weighted by Crippen LogP contribution is 2.39. The van der Waals surface area contributed by atoms with Gasteiger partial charge in [-0.15, -0.1) is 0 Å². The largest absolute Gasteiger partial charge is 0.496 e. The Morgan fingerprint density at radius 1 is 1.09 bits per heavy atom. The van der Waals surface area contributed by atoms with Gasteiger partial charge in [0.15, 0.2) is 5.58 Å². The number of ether oxygens (including phenoxy) is 3. The van der Waals surface area contributed by atoms with Crippen LogP contribution in [-0.2, 0) is 9.47 Å². The lowest BCUT2D eigenvalue weighted by atomic mass is 10.0. The summed E-state index contributed by atoms with van der Waals surface area (Å²) in [7, 11) is 1.57. The number of nitrogens with one attached hydrogen (secondary N) is 2. The van der Waals surface area contributed by atoms with E-state index in [4.69, 9.17) is 18.6 Å². The van der Waals surface area contributed by atoms with E-state index in [1.54, 1.807) is 24.3 Å². The van der Waals surface area contributed by atoms with E-state index in [-0.39, 0.29) is 18.2 Å². The van der Waals surface area contributed by atoms with Crippen LogP contribution in [0.15, 0.2) is 59.1 Å². The van der Waals surface area contributed by atoms with E-state index in [1.807, 2.05) is 63.2 Å². The van der Waals surface area contributed by atoms with Gasteiger partial charge in [-0.1, -0.05) is 12.1 Å². The third-order valence-corrected chi connectivity index (χ3v) is 8.48. The number of hydrogen-bond acceptors (Lipinski definition) is 10. The molecule has 0 spiro atoms. The highest BCUT2D eigenvalue weighted by atomic mass is 16.6. The zero-order valence-corrected chi connectivity index (χ0v) is 27.2. The fraction of sp³-hybridized carbons (Fsp3) is 0.417. The lowest BCUT2D eigenvalue weighted by Crippen LogP contribution is -2.39. The molecule has 4 heterocycles. The molecule has 3 N–H and O–H groups in total. The summed E-state index contributed by atoms with van der Waals surface area (Å²) < 4.78 is 23.1. The van der Waals surface area contributed by atoms with Gasteiger partial charge in [-0.25, -0.2) is 4.79 Å². The van der Waals surface area contributed by atoms with Gasteiger partial charge in [0.1, 0.15) is 34.9 Å². The quantitative estimate of drug-likeness (QED) is 0.190. The Morgan fingerprint density at radius 2 is 1.89 bits per heavy atom. The summed E-state index contributed by atoms with van der Waals surface area (Å²) in [5.41, 5.74) is 5.07. The van der Waals surface area contributed by atoms with Crippen molar-refractivity contribution in [2.75, 3.05) is 38.7 Å². The minimum absolute atomic E-state index is 0.0867. The van der Waals surface area contributed by atoms with Crippen LogP contribution in [0.3, 0.4) is 0 Å². The second-order valence-corrected chi connectivity index (χ2v) is 13.0. The molecule has 2 aliphatic rings. The average molecular weight is 640 g/mol. The van der Waals surface area contributed by atoms with E-state index in [1.165, 1.54) is 0 Å². The molecule has 0 aliphatic carbocycles. The SMILES string of the molecule is COc1cc(C(O)NC2CCN(C(=O)OC(C)(C)C)C2)ccc1-c1cc2nccc(-c3ccc(NC4CCOCC4)c(C#N)c3)c2o1. The predicted octanol–water partition coefficient (Wildman–Crippen LogP) is 6.22. The highest BCUT2D eigenvalue weighted by molar-refractivity contribution is 5.93. The first-order valence-electron chi connectivity index (χ1n) is 16.0. The molecule has 2 saturated heterocycles. The Balaban J connectivity index is 1.20. The van der Waals surface area contributed by atoms with E-state index in [9.17, 15) is 15.2 Å². The molecular weight excluding hydrogens is 598 g/mol. The Hall–Kier alpha value is -4.63. The minimum atomic E-state index is -0.969. The fourth-order valence-electron chi connectivity index (χ4n) is 6.08. The molecule has 6 rings (SSSR count). The zero-order chi connectivity index (χ0) is 33.1. The maximum absolute atomic E-state index is 12.5.